The van der Waals surface area contributed by atoms with Crippen LogP contribution in [0.3, 0.4) is 0 Å². The van der Waals surface area contributed by atoms with Gasteiger partial charge in [0.2, 0.25) is 5.91 Å². The van der Waals surface area contributed by atoms with Gasteiger partial charge in [0.25, 0.3) is 0 Å². The zero-order valence-electron chi connectivity index (χ0n) is 12.4. The Balaban J connectivity index is 0.00000220. The number of halogens is 1. The molecular formula is C15H23ClN2O3. The topological polar surface area (TPSA) is 59.6 Å². The molecule has 1 heterocycles. The molecule has 5 nitrogen and oxygen atoms in total. The Morgan fingerprint density at radius 2 is 2.38 bits per heavy atom. The quantitative estimate of drug-likeness (QED) is 0.868. The molecule has 6 heteroatoms. The van der Waals surface area contributed by atoms with E-state index >= 15 is 0 Å². The van der Waals surface area contributed by atoms with Crippen molar-refractivity contribution in [3.05, 3.63) is 29.8 Å². The van der Waals surface area contributed by atoms with Gasteiger partial charge in [-0.3, -0.25) is 4.79 Å². The van der Waals surface area contributed by atoms with Gasteiger partial charge >= 0.3 is 0 Å². The normalized spacial score (nSPS) is 19.2. The zero-order chi connectivity index (χ0) is 14.4. The SMILES string of the molecule is COc1cccc(C(C)NC(=O)CC2CNCCO2)c1.Cl. The summed E-state index contributed by atoms with van der Waals surface area (Å²) in [7, 11) is 1.63. The predicted octanol–water partition coefficient (Wildman–Crippen LogP) is 1.67. The summed E-state index contributed by atoms with van der Waals surface area (Å²) >= 11 is 0. The molecule has 1 amide bonds. The second-order valence-corrected chi connectivity index (χ2v) is 4.97. The highest BCUT2D eigenvalue weighted by Gasteiger charge is 2.18. The van der Waals surface area contributed by atoms with Crippen molar-refractivity contribution in [1.29, 1.82) is 0 Å². The van der Waals surface area contributed by atoms with Crippen molar-refractivity contribution in [3.63, 3.8) is 0 Å². The van der Waals surface area contributed by atoms with E-state index in [0.717, 1.165) is 24.4 Å². The summed E-state index contributed by atoms with van der Waals surface area (Å²) in [5.41, 5.74) is 1.03. The van der Waals surface area contributed by atoms with Crippen LogP contribution in [0.2, 0.25) is 0 Å². The minimum Gasteiger partial charge on any atom is -0.497 e. The van der Waals surface area contributed by atoms with Gasteiger partial charge < -0.3 is 20.1 Å². The second kappa shape index (κ2) is 8.87. The molecule has 2 N–H and O–H groups in total. The molecule has 0 aromatic heterocycles. The van der Waals surface area contributed by atoms with E-state index in [2.05, 4.69) is 10.6 Å². The fourth-order valence-corrected chi connectivity index (χ4v) is 2.25. The standard InChI is InChI=1S/C15H22N2O3.ClH/c1-11(12-4-3-5-13(8-12)19-2)17-15(18)9-14-10-16-6-7-20-14;/h3-5,8,11,14,16H,6-7,9-10H2,1-2H3,(H,17,18);1H. The number of amides is 1. The average Bonchev–Trinajstić information content (AvgIpc) is 2.48. The molecule has 1 aliphatic rings. The molecule has 1 saturated heterocycles. The van der Waals surface area contributed by atoms with Crippen LogP contribution in [0.25, 0.3) is 0 Å². The molecule has 0 saturated carbocycles. The van der Waals surface area contributed by atoms with Crippen LogP contribution in [0.5, 0.6) is 5.75 Å². The van der Waals surface area contributed by atoms with Crippen LogP contribution in [0.4, 0.5) is 0 Å². The van der Waals surface area contributed by atoms with E-state index in [9.17, 15) is 4.79 Å². The van der Waals surface area contributed by atoms with E-state index in [0.29, 0.717) is 13.0 Å². The molecule has 118 valence electrons. The van der Waals surface area contributed by atoms with Gasteiger partial charge in [-0.1, -0.05) is 12.1 Å². The summed E-state index contributed by atoms with van der Waals surface area (Å²) in [6.07, 6.45) is 0.364. The molecule has 2 atom stereocenters. The number of benzene rings is 1. The molecular weight excluding hydrogens is 292 g/mol. The number of nitrogens with one attached hydrogen (secondary N) is 2. The lowest BCUT2D eigenvalue weighted by Crippen LogP contribution is -2.41. The van der Waals surface area contributed by atoms with E-state index < -0.39 is 0 Å². The smallest absolute Gasteiger partial charge is 0.223 e. The Morgan fingerprint density at radius 3 is 3.05 bits per heavy atom. The van der Waals surface area contributed by atoms with Gasteiger partial charge in [0, 0.05) is 13.1 Å². The lowest BCUT2D eigenvalue weighted by Gasteiger charge is -2.24. The Morgan fingerprint density at radius 1 is 1.57 bits per heavy atom. The van der Waals surface area contributed by atoms with Crippen LogP contribution in [0.1, 0.15) is 24.9 Å². The molecule has 2 unspecified atom stereocenters. The molecule has 0 bridgehead atoms. The molecule has 1 aromatic carbocycles. The van der Waals surface area contributed by atoms with Gasteiger partial charge in [0.1, 0.15) is 5.75 Å². The summed E-state index contributed by atoms with van der Waals surface area (Å²) in [4.78, 5) is 12.0. The molecule has 0 spiro atoms. The maximum Gasteiger partial charge on any atom is 0.223 e. The number of rotatable bonds is 5. The van der Waals surface area contributed by atoms with Gasteiger partial charge in [0.15, 0.2) is 0 Å². The number of morpholine rings is 1. The number of carbonyl (C=O) groups excluding carboxylic acids is 1. The summed E-state index contributed by atoms with van der Waals surface area (Å²) in [5, 5.41) is 6.21. The Hall–Kier alpha value is -1.30. The maximum atomic E-state index is 12.0. The third kappa shape index (κ3) is 5.53. The van der Waals surface area contributed by atoms with Crippen LogP contribution in [0.15, 0.2) is 24.3 Å². The molecule has 21 heavy (non-hydrogen) atoms. The van der Waals surface area contributed by atoms with Gasteiger partial charge in [-0.15, -0.1) is 12.4 Å². The third-order valence-corrected chi connectivity index (χ3v) is 3.39. The van der Waals surface area contributed by atoms with Crippen LogP contribution >= 0.6 is 12.4 Å². The fraction of sp³-hybridized carbons (Fsp3) is 0.533. The number of carbonyl (C=O) groups is 1. The van der Waals surface area contributed by atoms with E-state index in [1.807, 2.05) is 31.2 Å². The average molecular weight is 315 g/mol. The van der Waals surface area contributed by atoms with E-state index in [4.69, 9.17) is 9.47 Å². The fourth-order valence-electron chi connectivity index (χ4n) is 2.25. The van der Waals surface area contributed by atoms with Crippen LogP contribution in [-0.2, 0) is 9.53 Å². The number of hydrogen-bond donors (Lipinski definition) is 2. The molecule has 2 rings (SSSR count). The molecule has 1 aliphatic heterocycles. The van der Waals surface area contributed by atoms with Crippen LogP contribution in [-0.4, -0.2) is 38.8 Å². The number of ether oxygens (including phenoxy) is 2. The van der Waals surface area contributed by atoms with Crippen molar-refractivity contribution in [3.8, 4) is 5.75 Å². The predicted molar refractivity (Wildman–Crippen MR) is 84.0 cm³/mol. The Bertz CT molecular complexity index is 450. The van der Waals surface area contributed by atoms with Crippen molar-refractivity contribution < 1.29 is 14.3 Å². The molecule has 0 aliphatic carbocycles. The van der Waals surface area contributed by atoms with Gasteiger partial charge in [0.05, 0.1) is 32.3 Å². The van der Waals surface area contributed by atoms with Crippen molar-refractivity contribution >= 4 is 18.3 Å². The zero-order valence-corrected chi connectivity index (χ0v) is 13.2. The number of hydrogen-bond acceptors (Lipinski definition) is 4. The van der Waals surface area contributed by atoms with Gasteiger partial charge in [-0.2, -0.15) is 0 Å². The van der Waals surface area contributed by atoms with Crippen LogP contribution < -0.4 is 15.4 Å². The van der Waals surface area contributed by atoms with E-state index in [1.165, 1.54) is 0 Å². The summed E-state index contributed by atoms with van der Waals surface area (Å²) in [6, 6.07) is 7.68. The first-order valence-electron chi connectivity index (χ1n) is 6.94. The molecule has 1 aromatic rings. The first-order chi connectivity index (χ1) is 9.69. The van der Waals surface area contributed by atoms with E-state index in [-0.39, 0.29) is 30.5 Å². The highest BCUT2D eigenvalue weighted by atomic mass is 35.5. The van der Waals surface area contributed by atoms with Crippen molar-refractivity contribution in [2.24, 2.45) is 0 Å². The first-order valence-corrected chi connectivity index (χ1v) is 6.94. The first kappa shape index (κ1) is 17.8. The van der Waals surface area contributed by atoms with Crippen molar-refractivity contribution in [2.75, 3.05) is 26.8 Å². The third-order valence-electron chi connectivity index (χ3n) is 3.39. The minimum atomic E-state index is -0.0471. The maximum absolute atomic E-state index is 12.0. The van der Waals surface area contributed by atoms with Crippen molar-refractivity contribution in [1.82, 2.24) is 10.6 Å². The van der Waals surface area contributed by atoms with Crippen molar-refractivity contribution in [2.45, 2.75) is 25.5 Å². The summed E-state index contributed by atoms with van der Waals surface area (Å²) in [6.45, 7) is 4.23. The number of methoxy groups -OCH3 is 1. The highest BCUT2D eigenvalue weighted by Crippen LogP contribution is 2.18. The molecule has 1 fully saturated rings. The molecule has 0 radical (unpaired) electrons. The van der Waals surface area contributed by atoms with Gasteiger partial charge in [-0.25, -0.2) is 0 Å². The highest BCUT2D eigenvalue weighted by molar-refractivity contribution is 5.85. The summed E-state index contributed by atoms with van der Waals surface area (Å²) in [5.74, 6) is 0.803. The lowest BCUT2D eigenvalue weighted by atomic mass is 10.1. The lowest BCUT2D eigenvalue weighted by molar-refractivity contribution is -0.125. The monoisotopic (exact) mass is 314 g/mol. The van der Waals surface area contributed by atoms with E-state index in [1.54, 1.807) is 7.11 Å². The van der Waals surface area contributed by atoms with Gasteiger partial charge in [-0.05, 0) is 24.6 Å². The van der Waals surface area contributed by atoms with Crippen LogP contribution in [0, 0.1) is 0 Å². The Labute approximate surface area is 131 Å². The largest absolute Gasteiger partial charge is 0.497 e. The minimum absolute atomic E-state index is 0. The summed E-state index contributed by atoms with van der Waals surface area (Å²) < 4.78 is 10.7. The second-order valence-electron chi connectivity index (χ2n) is 4.97. The Kier molecular flexibility index (Phi) is 7.50.